The lowest BCUT2D eigenvalue weighted by molar-refractivity contribution is 0.546. The second kappa shape index (κ2) is 7.29. The van der Waals surface area contributed by atoms with E-state index in [4.69, 9.17) is 0 Å². The molecule has 0 atom stereocenters. The summed E-state index contributed by atoms with van der Waals surface area (Å²) in [5, 5.41) is 12.0. The molecular weight excluding hydrogens is 328 g/mol. The monoisotopic (exact) mass is 354 g/mol. The summed E-state index contributed by atoms with van der Waals surface area (Å²) < 4.78 is 1.93. The van der Waals surface area contributed by atoms with E-state index in [9.17, 15) is 4.79 Å². The molecule has 7 heteroatoms. The molecule has 138 valence electrons. The van der Waals surface area contributed by atoms with E-state index in [1.54, 1.807) is 0 Å². The first-order chi connectivity index (χ1) is 12.4. The fourth-order valence-corrected chi connectivity index (χ4v) is 3.16. The number of aryl methyl sites for hydroxylation is 2. The van der Waals surface area contributed by atoms with Gasteiger partial charge in [-0.25, -0.2) is 9.67 Å². The Bertz CT molecular complexity index is 986. The van der Waals surface area contributed by atoms with Crippen LogP contribution in [0.2, 0.25) is 0 Å². The zero-order valence-corrected chi connectivity index (χ0v) is 16.0. The lowest BCUT2D eigenvalue weighted by Gasteiger charge is -2.11. The number of rotatable bonds is 6. The Labute approximate surface area is 152 Å². The molecule has 7 nitrogen and oxygen atoms in total. The van der Waals surface area contributed by atoms with Crippen LogP contribution in [0.25, 0.3) is 11.0 Å². The number of H-pyrrole nitrogens is 1. The number of fused-ring (bicyclic) bond motifs is 1. The van der Waals surface area contributed by atoms with E-state index < -0.39 is 0 Å². The fraction of sp³-hybridized carbons (Fsp3) is 0.421. The van der Waals surface area contributed by atoms with Crippen molar-refractivity contribution in [2.24, 2.45) is 0 Å². The fourth-order valence-electron chi connectivity index (χ4n) is 3.16. The maximum atomic E-state index is 12.2. The minimum Gasteiger partial charge on any atom is -0.373 e. The lowest BCUT2D eigenvalue weighted by atomic mass is 10.1. The van der Waals surface area contributed by atoms with Crippen molar-refractivity contribution in [1.82, 2.24) is 25.1 Å². The van der Waals surface area contributed by atoms with Gasteiger partial charge in [-0.15, -0.1) is 0 Å². The van der Waals surface area contributed by atoms with E-state index >= 15 is 0 Å². The molecule has 0 aliphatic heterocycles. The van der Waals surface area contributed by atoms with Crippen molar-refractivity contribution < 1.29 is 0 Å². The molecule has 0 saturated heterocycles. The maximum Gasteiger partial charge on any atom is 0.252 e. The van der Waals surface area contributed by atoms with Crippen molar-refractivity contribution in [3.8, 4) is 0 Å². The topological polar surface area (TPSA) is 87.6 Å². The zero-order chi connectivity index (χ0) is 18.8. The van der Waals surface area contributed by atoms with E-state index in [2.05, 4.69) is 39.5 Å². The van der Waals surface area contributed by atoms with Gasteiger partial charge in [0.25, 0.3) is 5.56 Å². The second-order valence-corrected chi connectivity index (χ2v) is 6.88. The molecule has 3 N–H and O–H groups in total. The maximum absolute atomic E-state index is 12.2. The van der Waals surface area contributed by atoms with Gasteiger partial charge in [-0.3, -0.25) is 4.79 Å². The average Bonchev–Trinajstić information content (AvgIpc) is 3.01. The molecule has 3 aromatic heterocycles. The number of hydrogen-bond acceptors (Lipinski definition) is 5. The summed E-state index contributed by atoms with van der Waals surface area (Å²) in [6.07, 6.45) is 1.86. The molecule has 0 radical (unpaired) electrons. The normalized spacial score (nSPS) is 11.5. The number of nitrogens with zero attached hydrogens (tertiary/aromatic N) is 3. The van der Waals surface area contributed by atoms with E-state index in [1.165, 1.54) is 0 Å². The molecular formula is C19H26N6O. The quantitative estimate of drug-likeness (QED) is 0.633. The van der Waals surface area contributed by atoms with Crippen LogP contribution < -0.4 is 16.2 Å². The zero-order valence-electron chi connectivity index (χ0n) is 16.0. The van der Waals surface area contributed by atoms with Crippen molar-refractivity contribution in [2.75, 3.05) is 12.4 Å². The molecule has 3 aromatic rings. The highest BCUT2D eigenvalue weighted by Crippen LogP contribution is 2.23. The van der Waals surface area contributed by atoms with E-state index in [0.29, 0.717) is 13.1 Å². The Morgan fingerprint density at radius 1 is 1.23 bits per heavy atom. The highest BCUT2D eigenvalue weighted by Gasteiger charge is 2.13. The van der Waals surface area contributed by atoms with E-state index in [1.807, 2.05) is 43.9 Å². The van der Waals surface area contributed by atoms with Crippen LogP contribution in [0.15, 0.2) is 23.1 Å². The molecule has 3 rings (SSSR count). The summed E-state index contributed by atoms with van der Waals surface area (Å²) in [6.45, 7) is 9.18. The number of nitrogens with one attached hydrogen (secondary N) is 3. The van der Waals surface area contributed by atoms with Crippen molar-refractivity contribution in [1.29, 1.82) is 0 Å². The molecule has 0 aromatic carbocycles. The Morgan fingerprint density at radius 3 is 2.65 bits per heavy atom. The summed E-state index contributed by atoms with van der Waals surface area (Å²) >= 11 is 0. The van der Waals surface area contributed by atoms with Gasteiger partial charge in [0.05, 0.1) is 6.20 Å². The van der Waals surface area contributed by atoms with Crippen LogP contribution in [0.5, 0.6) is 0 Å². The summed E-state index contributed by atoms with van der Waals surface area (Å²) in [5.74, 6) is 0.807. The second-order valence-electron chi connectivity index (χ2n) is 6.88. The van der Waals surface area contributed by atoms with Gasteiger partial charge in [0.1, 0.15) is 5.82 Å². The van der Waals surface area contributed by atoms with Gasteiger partial charge < -0.3 is 15.6 Å². The van der Waals surface area contributed by atoms with Crippen LogP contribution in [-0.2, 0) is 13.1 Å². The molecule has 0 aliphatic rings. The lowest BCUT2D eigenvalue weighted by Crippen LogP contribution is -2.23. The summed E-state index contributed by atoms with van der Waals surface area (Å²) in [4.78, 5) is 19.7. The first kappa shape index (κ1) is 18.1. The molecule has 0 aliphatic carbocycles. The highest BCUT2D eigenvalue weighted by atomic mass is 16.1. The van der Waals surface area contributed by atoms with Crippen LogP contribution in [0.3, 0.4) is 0 Å². The number of aromatic nitrogens is 4. The molecule has 3 heterocycles. The Kier molecular flexibility index (Phi) is 5.08. The van der Waals surface area contributed by atoms with Crippen molar-refractivity contribution >= 4 is 16.9 Å². The third-order valence-corrected chi connectivity index (χ3v) is 4.51. The van der Waals surface area contributed by atoms with Crippen LogP contribution in [0.4, 0.5) is 5.82 Å². The standard InChI is InChI=1S/C19H26N6O/c1-11(2)25-18-16(10-22-25)14(7-17(20-5)24-18)8-21-9-15-12(3)6-13(4)23-19(15)26/h6-7,10-11,21H,8-9H2,1-5H3,(H,20,24)(H,23,26). The number of anilines is 1. The third kappa shape index (κ3) is 3.48. The van der Waals surface area contributed by atoms with Gasteiger partial charge in [-0.2, -0.15) is 5.10 Å². The summed E-state index contributed by atoms with van der Waals surface area (Å²) in [5.41, 5.74) is 4.60. The largest absolute Gasteiger partial charge is 0.373 e. The predicted molar refractivity (Wildman–Crippen MR) is 105 cm³/mol. The number of hydrogen-bond donors (Lipinski definition) is 3. The van der Waals surface area contributed by atoms with Crippen LogP contribution in [-0.4, -0.2) is 26.8 Å². The molecule has 0 spiro atoms. The third-order valence-electron chi connectivity index (χ3n) is 4.51. The number of aromatic amines is 1. The first-order valence-corrected chi connectivity index (χ1v) is 8.85. The van der Waals surface area contributed by atoms with Gasteiger partial charge in [-0.1, -0.05) is 0 Å². The van der Waals surface area contributed by atoms with Crippen molar-refractivity contribution in [3.05, 3.63) is 51.1 Å². The Hall–Kier alpha value is -2.67. The van der Waals surface area contributed by atoms with E-state index in [0.717, 1.165) is 39.2 Å². The molecule has 26 heavy (non-hydrogen) atoms. The molecule has 0 amide bonds. The van der Waals surface area contributed by atoms with Gasteiger partial charge in [0.15, 0.2) is 5.65 Å². The molecule has 0 unspecified atom stereocenters. The van der Waals surface area contributed by atoms with Gasteiger partial charge in [0, 0.05) is 42.8 Å². The van der Waals surface area contributed by atoms with Crippen LogP contribution in [0, 0.1) is 13.8 Å². The molecule has 0 bridgehead atoms. The van der Waals surface area contributed by atoms with Crippen LogP contribution in [0.1, 0.15) is 42.3 Å². The molecule has 0 fully saturated rings. The average molecular weight is 354 g/mol. The van der Waals surface area contributed by atoms with E-state index in [-0.39, 0.29) is 11.6 Å². The minimum atomic E-state index is -0.0292. The van der Waals surface area contributed by atoms with Crippen LogP contribution >= 0.6 is 0 Å². The summed E-state index contributed by atoms with van der Waals surface area (Å²) in [6, 6.07) is 4.25. The van der Waals surface area contributed by atoms with Gasteiger partial charge >= 0.3 is 0 Å². The Balaban J connectivity index is 1.86. The SMILES string of the molecule is CNc1cc(CNCc2c(C)cc(C)[nH]c2=O)c2cnn(C(C)C)c2n1. The minimum absolute atomic E-state index is 0.0292. The number of pyridine rings is 2. The van der Waals surface area contributed by atoms with Crippen molar-refractivity contribution in [3.63, 3.8) is 0 Å². The smallest absolute Gasteiger partial charge is 0.252 e. The van der Waals surface area contributed by atoms with Gasteiger partial charge in [0.2, 0.25) is 0 Å². The summed E-state index contributed by atoms with van der Waals surface area (Å²) in [7, 11) is 1.86. The Morgan fingerprint density at radius 2 is 2.00 bits per heavy atom. The van der Waals surface area contributed by atoms with Gasteiger partial charge in [-0.05, 0) is 51.0 Å². The predicted octanol–water partition coefficient (Wildman–Crippen LogP) is 2.65. The molecule has 0 saturated carbocycles. The van der Waals surface area contributed by atoms with Crippen molar-refractivity contribution in [2.45, 2.75) is 46.8 Å². The first-order valence-electron chi connectivity index (χ1n) is 8.85. The highest BCUT2D eigenvalue weighted by molar-refractivity contribution is 5.81.